The Morgan fingerprint density at radius 2 is 2.31 bits per heavy atom. The van der Waals surface area contributed by atoms with Crippen LogP contribution in [-0.2, 0) is 13.0 Å². The normalized spacial score (nSPS) is 15.8. The van der Waals surface area contributed by atoms with Gasteiger partial charge in [0.05, 0.1) is 0 Å². The number of rotatable bonds is 3. The van der Waals surface area contributed by atoms with E-state index in [1.807, 2.05) is 6.07 Å². The highest BCUT2D eigenvalue weighted by Crippen LogP contribution is 2.24. The number of hydrogen-bond acceptors (Lipinski definition) is 2. The van der Waals surface area contributed by atoms with E-state index in [-0.39, 0.29) is 0 Å². The van der Waals surface area contributed by atoms with Gasteiger partial charge in [-0.1, -0.05) is 17.7 Å². The van der Waals surface area contributed by atoms with Gasteiger partial charge in [-0.25, -0.2) is 0 Å². The van der Waals surface area contributed by atoms with Crippen LogP contribution < -0.4 is 5.73 Å². The Kier molecular flexibility index (Phi) is 3.30. The fourth-order valence-corrected chi connectivity index (χ4v) is 2.24. The standard InChI is InChI=1S/C14H20N2/c1-11(2)6-8-16-9-7-13-12(10-16)4-3-5-14(13)15/h3-5H,1,6-10,15H2,2H3. The van der Waals surface area contributed by atoms with Gasteiger partial charge in [0.2, 0.25) is 0 Å². The Hall–Kier alpha value is -1.28. The van der Waals surface area contributed by atoms with Crippen LogP contribution in [0.4, 0.5) is 5.69 Å². The van der Waals surface area contributed by atoms with Crippen molar-refractivity contribution < 1.29 is 0 Å². The maximum atomic E-state index is 5.98. The van der Waals surface area contributed by atoms with Crippen LogP contribution in [0.25, 0.3) is 0 Å². The molecule has 1 aliphatic rings. The monoisotopic (exact) mass is 216 g/mol. The van der Waals surface area contributed by atoms with Crippen molar-refractivity contribution in [3.8, 4) is 0 Å². The van der Waals surface area contributed by atoms with Gasteiger partial charge in [-0.2, -0.15) is 0 Å². The van der Waals surface area contributed by atoms with E-state index in [1.54, 1.807) is 0 Å². The molecule has 2 heteroatoms. The number of hydrogen-bond donors (Lipinski definition) is 1. The second-order valence-electron chi connectivity index (χ2n) is 4.72. The van der Waals surface area contributed by atoms with E-state index in [1.165, 1.54) is 16.7 Å². The predicted octanol–water partition coefficient (Wildman–Crippen LogP) is 2.59. The smallest absolute Gasteiger partial charge is 0.0350 e. The molecule has 0 bridgehead atoms. The SMILES string of the molecule is C=C(C)CCN1CCc2c(N)cccc2C1. The van der Waals surface area contributed by atoms with Crippen molar-refractivity contribution in [3.63, 3.8) is 0 Å². The molecule has 0 saturated heterocycles. The quantitative estimate of drug-likeness (QED) is 0.621. The molecule has 86 valence electrons. The number of anilines is 1. The first-order valence-corrected chi connectivity index (χ1v) is 5.90. The molecule has 1 heterocycles. The number of benzene rings is 1. The number of fused-ring (bicyclic) bond motifs is 1. The molecule has 0 saturated carbocycles. The van der Waals surface area contributed by atoms with Crippen molar-refractivity contribution in [3.05, 3.63) is 41.5 Å². The molecule has 1 aromatic rings. The molecule has 0 spiro atoms. The van der Waals surface area contributed by atoms with Crippen molar-refractivity contribution in [2.75, 3.05) is 18.8 Å². The van der Waals surface area contributed by atoms with Crippen LogP contribution in [0.5, 0.6) is 0 Å². The first-order valence-electron chi connectivity index (χ1n) is 5.90. The second-order valence-corrected chi connectivity index (χ2v) is 4.72. The molecule has 0 atom stereocenters. The Bertz CT molecular complexity index is 396. The first-order chi connectivity index (χ1) is 7.66. The minimum Gasteiger partial charge on any atom is -0.398 e. The van der Waals surface area contributed by atoms with Gasteiger partial charge in [-0.15, -0.1) is 6.58 Å². The average Bonchev–Trinajstić information content (AvgIpc) is 2.26. The van der Waals surface area contributed by atoms with Crippen molar-refractivity contribution in [2.24, 2.45) is 0 Å². The van der Waals surface area contributed by atoms with Crippen LogP contribution in [-0.4, -0.2) is 18.0 Å². The lowest BCUT2D eigenvalue weighted by atomic mass is 9.98. The molecule has 0 fully saturated rings. The minimum atomic E-state index is 0.956. The molecule has 0 radical (unpaired) electrons. The van der Waals surface area contributed by atoms with Gasteiger partial charge < -0.3 is 5.73 Å². The summed E-state index contributed by atoms with van der Waals surface area (Å²) in [7, 11) is 0. The maximum Gasteiger partial charge on any atom is 0.0350 e. The molecule has 2 N–H and O–H groups in total. The summed E-state index contributed by atoms with van der Waals surface area (Å²) in [5.41, 5.74) is 10.9. The third-order valence-corrected chi connectivity index (χ3v) is 3.24. The maximum absolute atomic E-state index is 5.98. The highest BCUT2D eigenvalue weighted by molar-refractivity contribution is 5.51. The molecule has 0 amide bonds. The van der Waals surface area contributed by atoms with Crippen LogP contribution >= 0.6 is 0 Å². The lowest BCUT2D eigenvalue weighted by molar-refractivity contribution is 0.257. The fraction of sp³-hybridized carbons (Fsp3) is 0.429. The topological polar surface area (TPSA) is 29.3 Å². The van der Waals surface area contributed by atoms with Gasteiger partial charge in [-0.3, -0.25) is 4.90 Å². The summed E-state index contributed by atoms with van der Waals surface area (Å²) in [5.74, 6) is 0. The van der Waals surface area contributed by atoms with Crippen LogP contribution in [0.2, 0.25) is 0 Å². The molecule has 2 rings (SSSR count). The van der Waals surface area contributed by atoms with Crippen LogP contribution in [0.3, 0.4) is 0 Å². The molecule has 16 heavy (non-hydrogen) atoms. The summed E-state index contributed by atoms with van der Waals surface area (Å²) >= 11 is 0. The molecular weight excluding hydrogens is 196 g/mol. The van der Waals surface area contributed by atoms with E-state index in [9.17, 15) is 0 Å². The predicted molar refractivity (Wildman–Crippen MR) is 69.3 cm³/mol. The Labute approximate surface area is 97.8 Å². The summed E-state index contributed by atoms with van der Waals surface area (Å²) in [6.07, 6.45) is 2.18. The van der Waals surface area contributed by atoms with Crippen molar-refractivity contribution in [1.29, 1.82) is 0 Å². The molecule has 0 unspecified atom stereocenters. The van der Waals surface area contributed by atoms with Gasteiger partial charge in [-0.05, 0) is 37.0 Å². The number of nitrogens with two attached hydrogens (primary N) is 1. The van der Waals surface area contributed by atoms with Gasteiger partial charge in [0.25, 0.3) is 0 Å². The summed E-state index contributed by atoms with van der Waals surface area (Å²) in [6, 6.07) is 6.25. The molecule has 2 nitrogen and oxygen atoms in total. The number of nitrogen functional groups attached to an aromatic ring is 1. The third-order valence-electron chi connectivity index (χ3n) is 3.24. The van der Waals surface area contributed by atoms with Crippen molar-refractivity contribution in [2.45, 2.75) is 26.3 Å². The highest BCUT2D eigenvalue weighted by Gasteiger charge is 2.16. The Balaban J connectivity index is 2.04. The average molecular weight is 216 g/mol. The van der Waals surface area contributed by atoms with E-state index in [4.69, 9.17) is 5.73 Å². The summed E-state index contributed by atoms with van der Waals surface area (Å²) < 4.78 is 0. The first kappa shape index (κ1) is 11.2. The van der Waals surface area contributed by atoms with Crippen LogP contribution in [0.1, 0.15) is 24.5 Å². The molecular formula is C14H20N2. The van der Waals surface area contributed by atoms with Gasteiger partial charge in [0.1, 0.15) is 0 Å². The van der Waals surface area contributed by atoms with Crippen molar-refractivity contribution >= 4 is 5.69 Å². The second kappa shape index (κ2) is 4.71. The van der Waals surface area contributed by atoms with Crippen LogP contribution in [0.15, 0.2) is 30.4 Å². The van der Waals surface area contributed by atoms with E-state index >= 15 is 0 Å². The summed E-state index contributed by atoms with van der Waals surface area (Å²) in [5, 5.41) is 0. The van der Waals surface area contributed by atoms with E-state index in [2.05, 4.69) is 30.5 Å². The van der Waals surface area contributed by atoms with E-state index in [0.29, 0.717) is 0 Å². The number of nitrogens with zero attached hydrogens (tertiary/aromatic N) is 1. The summed E-state index contributed by atoms with van der Waals surface area (Å²) in [4.78, 5) is 2.48. The third kappa shape index (κ3) is 2.45. The zero-order chi connectivity index (χ0) is 11.5. The van der Waals surface area contributed by atoms with Crippen LogP contribution in [0, 0.1) is 0 Å². The van der Waals surface area contributed by atoms with E-state index in [0.717, 1.165) is 38.2 Å². The molecule has 1 aromatic carbocycles. The van der Waals surface area contributed by atoms with Crippen molar-refractivity contribution in [1.82, 2.24) is 4.90 Å². The Morgan fingerprint density at radius 3 is 3.06 bits per heavy atom. The summed E-state index contributed by atoms with van der Waals surface area (Å²) in [6.45, 7) is 9.31. The van der Waals surface area contributed by atoms with Gasteiger partial charge in [0.15, 0.2) is 0 Å². The molecule has 0 aromatic heterocycles. The van der Waals surface area contributed by atoms with Gasteiger partial charge in [0, 0.05) is 25.3 Å². The van der Waals surface area contributed by atoms with E-state index < -0.39 is 0 Å². The zero-order valence-electron chi connectivity index (χ0n) is 10.00. The Morgan fingerprint density at radius 1 is 1.50 bits per heavy atom. The lowest BCUT2D eigenvalue weighted by Crippen LogP contribution is -2.31. The largest absolute Gasteiger partial charge is 0.398 e. The minimum absolute atomic E-state index is 0.956. The molecule has 1 aliphatic heterocycles. The highest BCUT2D eigenvalue weighted by atomic mass is 15.1. The zero-order valence-corrected chi connectivity index (χ0v) is 10.00. The lowest BCUT2D eigenvalue weighted by Gasteiger charge is -2.29. The van der Waals surface area contributed by atoms with Gasteiger partial charge >= 0.3 is 0 Å². The molecule has 0 aliphatic carbocycles. The fourth-order valence-electron chi connectivity index (χ4n) is 2.24.